The Kier molecular flexibility index (Phi) is 8.83. The number of carboxylic acids is 1. The first-order valence-corrected chi connectivity index (χ1v) is 12.7. The highest BCUT2D eigenvalue weighted by atomic mass is 19.4. The monoisotopic (exact) mass is 546 g/mol. The Morgan fingerprint density at radius 1 is 1.05 bits per heavy atom. The summed E-state index contributed by atoms with van der Waals surface area (Å²) in [5, 5.41) is 12.1. The summed E-state index contributed by atoms with van der Waals surface area (Å²) in [6, 6.07) is 14.3. The molecular formula is C29H30F4N2O4. The maximum absolute atomic E-state index is 14.4. The van der Waals surface area contributed by atoms with Crippen LogP contribution >= 0.6 is 0 Å². The number of aryl methyl sites for hydroxylation is 2. The average Bonchev–Trinajstić information content (AvgIpc) is 2.88. The summed E-state index contributed by atoms with van der Waals surface area (Å²) in [5.41, 5.74) is 5.55. The largest absolute Gasteiger partial charge is 0.573 e. The number of nitrogens with one attached hydrogen (secondary N) is 1. The number of ether oxygens (including phenoxy) is 2. The van der Waals surface area contributed by atoms with Gasteiger partial charge in [0, 0.05) is 30.9 Å². The van der Waals surface area contributed by atoms with Crippen LogP contribution in [-0.4, -0.2) is 37.1 Å². The highest BCUT2D eigenvalue weighted by Crippen LogP contribution is 2.33. The number of aliphatic carboxylic acids is 1. The summed E-state index contributed by atoms with van der Waals surface area (Å²) >= 11 is 0. The lowest BCUT2D eigenvalue weighted by molar-refractivity contribution is -0.274. The number of halogens is 4. The number of nitrogens with zero attached hydrogens (tertiary/aromatic N) is 1. The van der Waals surface area contributed by atoms with Gasteiger partial charge in [-0.25, -0.2) is 4.39 Å². The Morgan fingerprint density at radius 3 is 2.46 bits per heavy atom. The molecule has 0 aliphatic carbocycles. The smallest absolute Gasteiger partial charge is 0.492 e. The van der Waals surface area contributed by atoms with Crippen LogP contribution in [0.3, 0.4) is 0 Å². The molecular weight excluding hydrogens is 516 g/mol. The van der Waals surface area contributed by atoms with E-state index in [-0.39, 0.29) is 18.6 Å². The topological polar surface area (TPSA) is 71.0 Å². The predicted octanol–water partition coefficient (Wildman–Crippen LogP) is 6.49. The molecule has 6 nitrogen and oxygen atoms in total. The fraction of sp³-hybridized carbons (Fsp3) is 0.345. The third kappa shape index (κ3) is 7.78. The zero-order chi connectivity index (χ0) is 28.0. The van der Waals surface area contributed by atoms with E-state index in [2.05, 4.69) is 34.0 Å². The number of hydrogen-bond acceptors (Lipinski definition) is 5. The molecule has 4 rings (SSSR count). The molecule has 2 N–H and O–H groups in total. The van der Waals surface area contributed by atoms with Crippen LogP contribution in [-0.2, 0) is 24.2 Å². The molecule has 0 saturated heterocycles. The lowest BCUT2D eigenvalue weighted by Crippen LogP contribution is -2.34. The number of carbonyl (C=O) groups is 1. The molecule has 10 heteroatoms. The van der Waals surface area contributed by atoms with Gasteiger partial charge in [0.15, 0.2) is 0 Å². The first-order valence-electron chi connectivity index (χ1n) is 12.7. The number of alkyl halides is 3. The van der Waals surface area contributed by atoms with Crippen molar-refractivity contribution in [1.82, 2.24) is 0 Å². The van der Waals surface area contributed by atoms with Crippen molar-refractivity contribution < 1.29 is 36.9 Å². The molecule has 1 aliphatic heterocycles. The molecule has 1 aliphatic rings. The Bertz CT molecular complexity index is 1300. The number of rotatable bonds is 11. The molecule has 1 heterocycles. The maximum Gasteiger partial charge on any atom is 0.573 e. The van der Waals surface area contributed by atoms with E-state index in [1.54, 1.807) is 12.1 Å². The van der Waals surface area contributed by atoms with Crippen LogP contribution in [0, 0.1) is 12.7 Å². The second kappa shape index (κ2) is 12.3. The van der Waals surface area contributed by atoms with E-state index in [1.807, 2.05) is 0 Å². The van der Waals surface area contributed by atoms with E-state index in [4.69, 9.17) is 9.84 Å². The number of benzene rings is 3. The highest BCUT2D eigenvalue weighted by molar-refractivity contribution is 5.67. The molecule has 39 heavy (non-hydrogen) atoms. The van der Waals surface area contributed by atoms with Crippen molar-refractivity contribution in [3.8, 4) is 11.5 Å². The number of fused-ring (bicyclic) bond motifs is 1. The predicted molar refractivity (Wildman–Crippen MR) is 140 cm³/mol. The Morgan fingerprint density at radius 2 is 1.77 bits per heavy atom. The lowest BCUT2D eigenvalue weighted by Gasteiger charge is -2.33. The minimum absolute atomic E-state index is 0.122. The van der Waals surface area contributed by atoms with Gasteiger partial charge in [-0.3, -0.25) is 4.79 Å². The molecule has 0 fully saturated rings. The van der Waals surface area contributed by atoms with Gasteiger partial charge in [-0.05, 0) is 84.8 Å². The molecule has 0 spiro atoms. The van der Waals surface area contributed by atoms with Gasteiger partial charge in [-0.15, -0.1) is 13.2 Å². The molecule has 0 unspecified atom stereocenters. The van der Waals surface area contributed by atoms with E-state index >= 15 is 0 Å². The molecule has 0 bridgehead atoms. The van der Waals surface area contributed by atoms with Gasteiger partial charge >= 0.3 is 12.3 Å². The normalized spacial score (nSPS) is 13.1. The number of hydrogen-bond donors (Lipinski definition) is 2. The summed E-state index contributed by atoms with van der Waals surface area (Å²) in [4.78, 5) is 13.0. The van der Waals surface area contributed by atoms with Crippen LogP contribution in [0.5, 0.6) is 11.5 Å². The molecule has 3 aromatic carbocycles. The quantitative estimate of drug-likeness (QED) is 0.268. The van der Waals surface area contributed by atoms with E-state index in [0.29, 0.717) is 36.7 Å². The van der Waals surface area contributed by atoms with Crippen LogP contribution in [0.4, 0.5) is 28.9 Å². The maximum atomic E-state index is 14.4. The molecule has 0 saturated carbocycles. The van der Waals surface area contributed by atoms with Gasteiger partial charge in [0.1, 0.15) is 23.9 Å². The Labute approximate surface area is 224 Å². The molecule has 3 aromatic rings. The van der Waals surface area contributed by atoms with Crippen molar-refractivity contribution in [3.05, 3.63) is 82.7 Å². The van der Waals surface area contributed by atoms with Crippen LogP contribution < -0.4 is 19.7 Å². The molecule has 0 aromatic heterocycles. The van der Waals surface area contributed by atoms with Gasteiger partial charge in [-0.1, -0.05) is 18.2 Å². The van der Waals surface area contributed by atoms with Crippen molar-refractivity contribution in [1.29, 1.82) is 0 Å². The molecule has 208 valence electrons. The van der Waals surface area contributed by atoms with Gasteiger partial charge in [0.2, 0.25) is 0 Å². The van der Waals surface area contributed by atoms with Crippen LogP contribution in [0.25, 0.3) is 0 Å². The van der Waals surface area contributed by atoms with Crippen molar-refractivity contribution in [2.45, 2.75) is 45.5 Å². The van der Waals surface area contributed by atoms with E-state index in [0.717, 1.165) is 36.2 Å². The zero-order valence-corrected chi connectivity index (χ0v) is 21.5. The fourth-order valence-corrected chi connectivity index (χ4v) is 4.74. The first kappa shape index (κ1) is 28.1. The summed E-state index contributed by atoms with van der Waals surface area (Å²) < 4.78 is 61.1. The average molecular weight is 547 g/mol. The highest BCUT2D eigenvalue weighted by Gasteiger charge is 2.31. The third-order valence-corrected chi connectivity index (χ3v) is 6.65. The second-order valence-electron chi connectivity index (χ2n) is 9.37. The minimum Gasteiger partial charge on any atom is -0.492 e. The third-order valence-electron chi connectivity index (χ3n) is 6.65. The number of anilines is 2. The Hall–Kier alpha value is -3.95. The van der Waals surface area contributed by atoms with Gasteiger partial charge in [0.05, 0.1) is 6.54 Å². The summed E-state index contributed by atoms with van der Waals surface area (Å²) in [5.74, 6) is -1.24. The van der Waals surface area contributed by atoms with Gasteiger partial charge < -0.3 is 24.8 Å². The van der Waals surface area contributed by atoms with Crippen LogP contribution in [0.2, 0.25) is 0 Å². The first-order chi connectivity index (χ1) is 18.6. The van der Waals surface area contributed by atoms with Gasteiger partial charge in [0.25, 0.3) is 0 Å². The number of carboxylic acid groups (broad SMARTS) is 1. The van der Waals surface area contributed by atoms with E-state index in [9.17, 15) is 22.4 Å². The van der Waals surface area contributed by atoms with Crippen molar-refractivity contribution >= 4 is 17.3 Å². The van der Waals surface area contributed by atoms with Gasteiger partial charge in [-0.2, -0.15) is 0 Å². The fourth-order valence-electron chi connectivity index (χ4n) is 4.74. The molecule has 0 atom stereocenters. The standard InChI is InChI=1S/C29H30F4N2O4/c1-19-22(18-34-23-8-6-20(26(30)17-23)7-13-27(36)37)5-4-21-3-2-14-35(28(19)21)15-16-38-24-9-11-25(12-10-24)39-29(31,32)33/h4-6,8-12,17,34H,2-3,7,13-16,18H2,1H3,(H,36,37). The lowest BCUT2D eigenvalue weighted by atomic mass is 9.94. The van der Waals surface area contributed by atoms with Crippen LogP contribution in [0.15, 0.2) is 54.6 Å². The summed E-state index contributed by atoms with van der Waals surface area (Å²) in [7, 11) is 0. The zero-order valence-electron chi connectivity index (χ0n) is 21.5. The molecule has 0 radical (unpaired) electrons. The van der Waals surface area contributed by atoms with Crippen LogP contribution in [0.1, 0.15) is 35.1 Å². The van der Waals surface area contributed by atoms with Crippen molar-refractivity contribution in [2.75, 3.05) is 29.9 Å². The molecule has 0 amide bonds. The SMILES string of the molecule is Cc1c(CNc2ccc(CCC(=O)O)c(F)c2)ccc2c1N(CCOc1ccc(OC(F)(F)F)cc1)CCC2. The second-order valence-corrected chi connectivity index (χ2v) is 9.37. The minimum atomic E-state index is -4.74. The van der Waals surface area contributed by atoms with E-state index in [1.165, 1.54) is 35.9 Å². The van der Waals surface area contributed by atoms with E-state index < -0.39 is 18.1 Å². The summed E-state index contributed by atoms with van der Waals surface area (Å²) in [6.45, 7) is 4.37. The Balaban J connectivity index is 1.37. The van der Waals surface area contributed by atoms with Crippen molar-refractivity contribution in [2.24, 2.45) is 0 Å². The van der Waals surface area contributed by atoms with Crippen molar-refractivity contribution in [3.63, 3.8) is 0 Å². The summed E-state index contributed by atoms with van der Waals surface area (Å²) in [6.07, 6.45) is -2.75.